The van der Waals surface area contributed by atoms with Crippen molar-refractivity contribution in [1.29, 1.82) is 0 Å². The molecule has 2 aromatic rings. The molecular formula is C12H17ClN4O. The molecule has 0 bridgehead atoms. The fourth-order valence-corrected chi connectivity index (χ4v) is 2.14. The van der Waals surface area contributed by atoms with Crippen molar-refractivity contribution < 1.29 is 4.74 Å². The first-order valence-corrected chi connectivity index (χ1v) is 6.00. The topological polar surface area (TPSA) is 51.5 Å². The molecule has 5 nitrogen and oxygen atoms in total. The van der Waals surface area contributed by atoms with Gasteiger partial charge in [-0.3, -0.25) is 0 Å². The highest BCUT2D eigenvalue weighted by Gasteiger charge is 2.20. The molecule has 0 unspecified atom stereocenters. The minimum atomic E-state index is 0. The molecule has 18 heavy (non-hydrogen) atoms. The van der Waals surface area contributed by atoms with Gasteiger partial charge in [0.15, 0.2) is 5.65 Å². The van der Waals surface area contributed by atoms with Gasteiger partial charge in [0.1, 0.15) is 6.10 Å². The molecule has 0 saturated carbocycles. The van der Waals surface area contributed by atoms with Crippen LogP contribution in [0.1, 0.15) is 19.8 Å². The van der Waals surface area contributed by atoms with Crippen LogP contribution in [0.3, 0.4) is 0 Å². The monoisotopic (exact) mass is 268 g/mol. The average molecular weight is 269 g/mol. The van der Waals surface area contributed by atoms with Gasteiger partial charge in [-0.1, -0.05) is 0 Å². The van der Waals surface area contributed by atoms with E-state index in [0.29, 0.717) is 11.9 Å². The number of aromatic nitrogens is 3. The molecule has 2 atom stereocenters. The van der Waals surface area contributed by atoms with Gasteiger partial charge in [-0.2, -0.15) is 0 Å². The third-order valence-electron chi connectivity index (χ3n) is 3.17. The van der Waals surface area contributed by atoms with Gasteiger partial charge in [0.2, 0.25) is 0 Å². The summed E-state index contributed by atoms with van der Waals surface area (Å²) in [5.41, 5.74) is 0.783. The zero-order valence-electron chi connectivity index (χ0n) is 10.2. The summed E-state index contributed by atoms with van der Waals surface area (Å²) in [5.74, 6) is 0.624. The first-order valence-electron chi connectivity index (χ1n) is 6.00. The van der Waals surface area contributed by atoms with Crippen molar-refractivity contribution in [2.24, 2.45) is 0 Å². The van der Waals surface area contributed by atoms with E-state index < -0.39 is 0 Å². The smallest absolute Gasteiger partial charge is 0.258 e. The molecule has 1 fully saturated rings. The summed E-state index contributed by atoms with van der Waals surface area (Å²) in [6, 6.07) is 0.588. The van der Waals surface area contributed by atoms with Crippen LogP contribution in [0, 0.1) is 0 Å². The van der Waals surface area contributed by atoms with Crippen LogP contribution in [0.25, 0.3) is 5.65 Å². The number of piperidine rings is 1. The van der Waals surface area contributed by atoms with E-state index in [0.717, 1.165) is 25.0 Å². The van der Waals surface area contributed by atoms with Crippen molar-refractivity contribution in [3.05, 3.63) is 24.8 Å². The highest BCUT2D eigenvalue weighted by molar-refractivity contribution is 5.85. The van der Waals surface area contributed by atoms with Crippen molar-refractivity contribution in [1.82, 2.24) is 19.7 Å². The van der Waals surface area contributed by atoms with Crippen LogP contribution < -0.4 is 10.1 Å². The molecule has 0 amide bonds. The Hall–Kier alpha value is -1.33. The molecule has 3 heterocycles. The Morgan fingerprint density at radius 1 is 1.28 bits per heavy atom. The fourth-order valence-electron chi connectivity index (χ4n) is 2.14. The Morgan fingerprint density at radius 3 is 2.78 bits per heavy atom. The fraction of sp³-hybridized carbons (Fsp3) is 0.500. The second-order valence-electron chi connectivity index (χ2n) is 4.52. The van der Waals surface area contributed by atoms with Gasteiger partial charge in [-0.05, 0) is 19.8 Å². The quantitative estimate of drug-likeness (QED) is 0.900. The van der Waals surface area contributed by atoms with E-state index in [2.05, 4.69) is 22.2 Å². The molecule has 0 spiro atoms. The van der Waals surface area contributed by atoms with Gasteiger partial charge in [0.05, 0.1) is 0 Å². The maximum absolute atomic E-state index is 5.92. The maximum atomic E-state index is 5.92. The molecule has 1 N–H and O–H groups in total. The molecule has 3 rings (SSSR count). The van der Waals surface area contributed by atoms with Gasteiger partial charge in [0.25, 0.3) is 5.88 Å². The van der Waals surface area contributed by atoms with E-state index in [1.165, 1.54) is 0 Å². The highest BCUT2D eigenvalue weighted by atomic mass is 35.5. The summed E-state index contributed by atoms with van der Waals surface area (Å²) in [6.07, 6.45) is 9.66. The summed E-state index contributed by atoms with van der Waals surface area (Å²) >= 11 is 0. The summed E-state index contributed by atoms with van der Waals surface area (Å²) in [7, 11) is 0. The van der Waals surface area contributed by atoms with Crippen LogP contribution in [0.2, 0.25) is 0 Å². The van der Waals surface area contributed by atoms with Crippen LogP contribution in [-0.4, -0.2) is 33.1 Å². The molecule has 0 aromatic carbocycles. The van der Waals surface area contributed by atoms with Crippen LogP contribution in [0.4, 0.5) is 0 Å². The maximum Gasteiger partial charge on any atom is 0.258 e. The van der Waals surface area contributed by atoms with Gasteiger partial charge in [0, 0.05) is 37.4 Å². The Kier molecular flexibility index (Phi) is 4.04. The molecule has 1 aliphatic rings. The first-order chi connectivity index (χ1) is 8.33. The number of nitrogens with one attached hydrogen (secondary N) is 1. The highest BCUT2D eigenvalue weighted by Crippen LogP contribution is 2.18. The number of nitrogens with zero attached hydrogens (tertiary/aromatic N) is 3. The summed E-state index contributed by atoms with van der Waals surface area (Å²) in [6.45, 7) is 3.08. The molecule has 6 heteroatoms. The lowest BCUT2D eigenvalue weighted by molar-refractivity contribution is 0.148. The number of fused-ring (bicyclic) bond motifs is 1. The van der Waals surface area contributed by atoms with Crippen molar-refractivity contribution in [2.45, 2.75) is 31.9 Å². The third-order valence-corrected chi connectivity index (χ3v) is 3.17. The molecule has 0 radical (unpaired) electrons. The number of ether oxygens (including phenoxy) is 1. The molecule has 2 aromatic heterocycles. The SMILES string of the molecule is C[C@@H]1CC[C@@H](Oc2nccn3ccnc23)CN1.Cl. The van der Waals surface area contributed by atoms with E-state index in [9.17, 15) is 0 Å². The number of hydrogen-bond donors (Lipinski definition) is 1. The Labute approximate surface area is 112 Å². The van der Waals surface area contributed by atoms with E-state index >= 15 is 0 Å². The normalized spacial score (nSPS) is 23.6. The summed E-state index contributed by atoms with van der Waals surface area (Å²) < 4.78 is 7.84. The number of rotatable bonds is 2. The lowest BCUT2D eigenvalue weighted by Crippen LogP contribution is -2.42. The van der Waals surface area contributed by atoms with E-state index in [-0.39, 0.29) is 18.5 Å². The van der Waals surface area contributed by atoms with E-state index in [1.807, 2.05) is 16.8 Å². The Bertz CT molecular complexity index is 508. The average Bonchev–Trinajstić information content (AvgIpc) is 2.81. The lowest BCUT2D eigenvalue weighted by Gasteiger charge is -2.27. The van der Waals surface area contributed by atoms with Gasteiger partial charge < -0.3 is 14.5 Å². The van der Waals surface area contributed by atoms with Gasteiger partial charge >= 0.3 is 0 Å². The molecule has 0 aliphatic carbocycles. The van der Waals surface area contributed by atoms with Crippen molar-refractivity contribution in [2.75, 3.05) is 6.54 Å². The minimum Gasteiger partial charge on any atom is -0.470 e. The standard InChI is InChI=1S/C12H16N4O.ClH/c1-9-2-3-10(8-15-9)17-12-11-13-4-6-16(11)7-5-14-12;/h4-7,9-10,15H,2-3,8H2,1H3;1H/t9-,10-;/m1./s1. The van der Waals surface area contributed by atoms with Crippen LogP contribution in [0.5, 0.6) is 5.88 Å². The molecule has 1 aliphatic heterocycles. The Morgan fingerprint density at radius 2 is 2.06 bits per heavy atom. The van der Waals surface area contributed by atoms with Crippen molar-refractivity contribution in [3.63, 3.8) is 0 Å². The third kappa shape index (κ3) is 2.57. The zero-order chi connectivity index (χ0) is 11.7. The number of hydrogen-bond acceptors (Lipinski definition) is 4. The van der Waals surface area contributed by atoms with E-state index in [1.54, 1.807) is 12.4 Å². The van der Waals surface area contributed by atoms with Crippen LogP contribution >= 0.6 is 12.4 Å². The largest absolute Gasteiger partial charge is 0.470 e. The van der Waals surface area contributed by atoms with Gasteiger partial charge in [-0.25, -0.2) is 9.97 Å². The molecular weight excluding hydrogens is 252 g/mol. The van der Waals surface area contributed by atoms with Crippen molar-refractivity contribution >= 4 is 18.1 Å². The second kappa shape index (κ2) is 5.54. The van der Waals surface area contributed by atoms with Crippen LogP contribution in [0.15, 0.2) is 24.8 Å². The van der Waals surface area contributed by atoms with E-state index in [4.69, 9.17) is 4.74 Å². The summed E-state index contributed by atoms with van der Waals surface area (Å²) in [4.78, 5) is 8.51. The number of imidazole rings is 1. The zero-order valence-corrected chi connectivity index (χ0v) is 11.1. The molecule has 98 valence electrons. The van der Waals surface area contributed by atoms with Crippen molar-refractivity contribution in [3.8, 4) is 5.88 Å². The number of halogens is 1. The first kappa shape index (κ1) is 13.1. The van der Waals surface area contributed by atoms with Crippen LogP contribution in [-0.2, 0) is 0 Å². The Balaban J connectivity index is 0.00000120. The van der Waals surface area contributed by atoms with Gasteiger partial charge in [-0.15, -0.1) is 12.4 Å². The minimum absolute atomic E-state index is 0. The predicted octanol–water partition coefficient (Wildman–Crippen LogP) is 1.67. The predicted molar refractivity (Wildman–Crippen MR) is 71.3 cm³/mol. The lowest BCUT2D eigenvalue weighted by atomic mass is 10.0. The second-order valence-corrected chi connectivity index (χ2v) is 4.52. The molecule has 1 saturated heterocycles. The summed E-state index contributed by atoms with van der Waals surface area (Å²) in [5, 5.41) is 3.41.